The van der Waals surface area contributed by atoms with Crippen LogP contribution in [0.25, 0.3) is 5.69 Å². The molecule has 0 bridgehead atoms. The predicted molar refractivity (Wildman–Crippen MR) is 126 cm³/mol. The lowest BCUT2D eigenvalue weighted by Crippen LogP contribution is -2.40. The first-order valence-electron chi connectivity index (χ1n) is 10.7. The average molecular weight is 454 g/mol. The van der Waals surface area contributed by atoms with Crippen molar-refractivity contribution >= 4 is 23.4 Å². The van der Waals surface area contributed by atoms with Crippen LogP contribution in [0.1, 0.15) is 38.2 Å². The Labute approximate surface area is 192 Å². The van der Waals surface area contributed by atoms with Gasteiger partial charge in [-0.15, -0.1) is 10.2 Å². The number of para-hydroxylation sites is 1. The molecule has 3 aromatic rings. The molecule has 3 atom stereocenters. The number of benzene rings is 2. The molecule has 168 valence electrons. The standard InChI is InChI=1S/C24H28FN5OS/c1-15-14-18-8-6-7-9-21(18)29(15)23(31)17(3)32-24-27-26-22(16(2)28(4)5)30(24)20-12-10-19(25)11-13-20/h6-13,15-17H,14H2,1-5H3/t15-,16+,17-/m0/s1. The molecular formula is C24H28FN5OS. The van der Waals surface area contributed by atoms with Crippen LogP contribution in [-0.4, -0.2) is 51.0 Å². The molecule has 32 heavy (non-hydrogen) atoms. The SMILES string of the molecule is C[C@H](Sc1nnc([C@@H](C)N(C)C)n1-c1ccc(F)cc1)C(=O)N1c2ccccc2C[C@@H]1C. The zero-order valence-corrected chi connectivity index (χ0v) is 19.8. The van der Waals surface area contributed by atoms with Gasteiger partial charge in [-0.3, -0.25) is 14.3 Å². The number of halogens is 1. The summed E-state index contributed by atoms with van der Waals surface area (Å²) in [6, 6.07) is 14.4. The molecular weight excluding hydrogens is 425 g/mol. The molecule has 0 fully saturated rings. The normalized spacial score (nSPS) is 17.5. The molecule has 8 heteroatoms. The maximum absolute atomic E-state index is 13.6. The molecule has 1 aliphatic heterocycles. The van der Waals surface area contributed by atoms with E-state index >= 15 is 0 Å². The van der Waals surface area contributed by atoms with E-state index in [4.69, 9.17) is 0 Å². The first-order chi connectivity index (χ1) is 15.3. The molecule has 6 nitrogen and oxygen atoms in total. The summed E-state index contributed by atoms with van der Waals surface area (Å²) in [6.45, 7) is 6.02. The van der Waals surface area contributed by atoms with Crippen molar-refractivity contribution < 1.29 is 9.18 Å². The van der Waals surface area contributed by atoms with Crippen LogP contribution in [-0.2, 0) is 11.2 Å². The van der Waals surface area contributed by atoms with Crippen molar-refractivity contribution in [2.24, 2.45) is 0 Å². The second-order valence-electron chi connectivity index (χ2n) is 8.44. The van der Waals surface area contributed by atoms with Crippen molar-refractivity contribution in [1.82, 2.24) is 19.7 Å². The summed E-state index contributed by atoms with van der Waals surface area (Å²) < 4.78 is 15.5. The van der Waals surface area contributed by atoms with Crippen LogP contribution in [0.3, 0.4) is 0 Å². The largest absolute Gasteiger partial charge is 0.308 e. The molecule has 0 radical (unpaired) electrons. The van der Waals surface area contributed by atoms with Crippen molar-refractivity contribution in [3.8, 4) is 5.69 Å². The summed E-state index contributed by atoms with van der Waals surface area (Å²) >= 11 is 1.38. The quantitative estimate of drug-likeness (QED) is 0.515. The second kappa shape index (κ2) is 9.03. The highest BCUT2D eigenvalue weighted by atomic mass is 32.2. The number of anilines is 1. The summed E-state index contributed by atoms with van der Waals surface area (Å²) in [5.41, 5.74) is 2.95. The maximum Gasteiger partial charge on any atom is 0.240 e. The molecule has 1 aliphatic rings. The molecule has 0 saturated heterocycles. The third kappa shape index (κ3) is 4.17. The minimum atomic E-state index is -0.366. The lowest BCUT2D eigenvalue weighted by atomic mass is 10.1. The number of nitrogens with zero attached hydrogens (tertiary/aromatic N) is 5. The Balaban J connectivity index is 1.65. The fraction of sp³-hybridized carbons (Fsp3) is 0.375. The van der Waals surface area contributed by atoms with E-state index in [9.17, 15) is 9.18 Å². The van der Waals surface area contributed by atoms with Crippen LogP contribution in [0.2, 0.25) is 0 Å². The van der Waals surface area contributed by atoms with Gasteiger partial charge >= 0.3 is 0 Å². The molecule has 4 rings (SSSR count). The van der Waals surface area contributed by atoms with Gasteiger partial charge in [-0.2, -0.15) is 0 Å². The lowest BCUT2D eigenvalue weighted by Gasteiger charge is -2.26. The topological polar surface area (TPSA) is 54.3 Å². The molecule has 2 heterocycles. The van der Waals surface area contributed by atoms with Crippen molar-refractivity contribution in [2.75, 3.05) is 19.0 Å². The van der Waals surface area contributed by atoms with Crippen molar-refractivity contribution in [3.05, 3.63) is 65.7 Å². The van der Waals surface area contributed by atoms with Gasteiger partial charge in [-0.25, -0.2) is 4.39 Å². The molecule has 0 spiro atoms. The van der Waals surface area contributed by atoms with E-state index in [-0.39, 0.29) is 29.1 Å². The minimum Gasteiger partial charge on any atom is -0.308 e. The van der Waals surface area contributed by atoms with Gasteiger partial charge in [0.15, 0.2) is 11.0 Å². The fourth-order valence-electron chi connectivity index (χ4n) is 4.00. The van der Waals surface area contributed by atoms with Gasteiger partial charge in [0.05, 0.1) is 11.3 Å². The van der Waals surface area contributed by atoms with Crippen molar-refractivity contribution in [2.45, 2.75) is 49.7 Å². The van der Waals surface area contributed by atoms with Gasteiger partial charge in [0.1, 0.15) is 5.82 Å². The first-order valence-corrected chi connectivity index (χ1v) is 11.6. The van der Waals surface area contributed by atoms with Gasteiger partial charge in [-0.05, 0) is 77.2 Å². The molecule has 0 aliphatic carbocycles. The van der Waals surface area contributed by atoms with Gasteiger partial charge in [0.2, 0.25) is 5.91 Å². The predicted octanol–water partition coefficient (Wildman–Crippen LogP) is 4.49. The van der Waals surface area contributed by atoms with Crippen molar-refractivity contribution in [3.63, 3.8) is 0 Å². The molecule has 0 saturated carbocycles. The van der Waals surface area contributed by atoms with Gasteiger partial charge in [-0.1, -0.05) is 30.0 Å². The van der Waals surface area contributed by atoms with Crippen LogP contribution in [0.5, 0.6) is 0 Å². The maximum atomic E-state index is 13.6. The van der Waals surface area contributed by atoms with E-state index < -0.39 is 0 Å². The number of aromatic nitrogens is 3. The van der Waals surface area contributed by atoms with Crippen LogP contribution in [0, 0.1) is 5.82 Å². The van der Waals surface area contributed by atoms with E-state index in [0.29, 0.717) is 5.16 Å². The summed E-state index contributed by atoms with van der Waals surface area (Å²) in [5, 5.41) is 9.09. The number of carbonyl (C=O) groups excluding carboxylic acids is 1. The van der Waals surface area contributed by atoms with E-state index in [1.165, 1.54) is 29.5 Å². The van der Waals surface area contributed by atoms with Crippen LogP contribution < -0.4 is 4.90 Å². The Morgan fingerprint density at radius 3 is 2.50 bits per heavy atom. The number of hydrogen-bond donors (Lipinski definition) is 0. The lowest BCUT2D eigenvalue weighted by molar-refractivity contribution is -0.118. The number of amides is 1. The Bertz CT molecular complexity index is 1110. The fourth-order valence-corrected chi connectivity index (χ4v) is 4.92. The Morgan fingerprint density at radius 2 is 1.81 bits per heavy atom. The van der Waals surface area contributed by atoms with Crippen molar-refractivity contribution in [1.29, 1.82) is 0 Å². The summed E-state index contributed by atoms with van der Waals surface area (Å²) in [5.74, 6) is 0.482. The Kier molecular flexibility index (Phi) is 6.35. The zero-order valence-electron chi connectivity index (χ0n) is 19.0. The molecule has 2 aromatic carbocycles. The number of carbonyl (C=O) groups is 1. The third-order valence-corrected chi connectivity index (χ3v) is 7.00. The molecule has 1 aromatic heterocycles. The average Bonchev–Trinajstić information content (AvgIpc) is 3.33. The van der Waals surface area contributed by atoms with Crippen LogP contribution >= 0.6 is 11.8 Å². The summed E-state index contributed by atoms with van der Waals surface area (Å²) in [6.07, 6.45) is 0.857. The Morgan fingerprint density at radius 1 is 1.12 bits per heavy atom. The van der Waals surface area contributed by atoms with Crippen LogP contribution in [0.15, 0.2) is 53.7 Å². The van der Waals surface area contributed by atoms with E-state index in [0.717, 1.165) is 23.6 Å². The summed E-state index contributed by atoms with van der Waals surface area (Å²) in [4.78, 5) is 17.4. The van der Waals surface area contributed by atoms with E-state index in [1.54, 1.807) is 12.1 Å². The van der Waals surface area contributed by atoms with Gasteiger partial charge in [0.25, 0.3) is 0 Å². The molecule has 1 amide bonds. The number of fused-ring (bicyclic) bond motifs is 1. The number of thioether (sulfide) groups is 1. The first kappa shape index (κ1) is 22.5. The van der Waals surface area contributed by atoms with E-state index in [1.807, 2.05) is 60.5 Å². The smallest absolute Gasteiger partial charge is 0.240 e. The Hall–Kier alpha value is -2.71. The zero-order chi connectivity index (χ0) is 23.0. The number of hydrogen-bond acceptors (Lipinski definition) is 5. The third-order valence-electron chi connectivity index (χ3n) is 5.97. The molecule has 0 unspecified atom stereocenters. The van der Waals surface area contributed by atoms with Gasteiger partial charge < -0.3 is 4.90 Å². The minimum absolute atomic E-state index is 0.0154. The molecule has 0 N–H and O–H groups in total. The highest BCUT2D eigenvalue weighted by molar-refractivity contribution is 8.00. The monoisotopic (exact) mass is 453 g/mol. The van der Waals surface area contributed by atoms with Gasteiger partial charge in [0, 0.05) is 17.4 Å². The highest BCUT2D eigenvalue weighted by Gasteiger charge is 2.34. The second-order valence-corrected chi connectivity index (χ2v) is 9.75. The highest BCUT2D eigenvalue weighted by Crippen LogP contribution is 2.35. The summed E-state index contributed by atoms with van der Waals surface area (Å²) in [7, 11) is 3.94. The number of rotatable bonds is 6. The van der Waals surface area contributed by atoms with E-state index in [2.05, 4.69) is 23.2 Å². The van der Waals surface area contributed by atoms with Crippen LogP contribution in [0.4, 0.5) is 10.1 Å².